The fourth-order valence-corrected chi connectivity index (χ4v) is 2.53. The van der Waals surface area contributed by atoms with E-state index in [4.69, 9.17) is 20.8 Å². The molecule has 28 heavy (non-hydrogen) atoms. The quantitative estimate of drug-likeness (QED) is 0.581. The number of halogens is 1. The number of esters is 1. The van der Waals surface area contributed by atoms with Crippen molar-refractivity contribution >= 4 is 23.5 Å². The zero-order valence-corrected chi connectivity index (χ0v) is 15.8. The minimum atomic E-state index is -0.413. The molecule has 0 atom stereocenters. The summed E-state index contributed by atoms with van der Waals surface area (Å²) >= 11 is 5.78. The first-order valence-corrected chi connectivity index (χ1v) is 8.79. The predicted octanol–water partition coefficient (Wildman–Crippen LogP) is 2.93. The molecule has 0 radical (unpaired) electrons. The van der Waals surface area contributed by atoms with Gasteiger partial charge in [0.1, 0.15) is 18.1 Å². The van der Waals surface area contributed by atoms with Gasteiger partial charge in [-0.25, -0.2) is 4.79 Å². The maximum atomic E-state index is 12.1. The van der Waals surface area contributed by atoms with E-state index >= 15 is 0 Å². The second kappa shape index (κ2) is 9.09. The number of furan rings is 1. The first kappa shape index (κ1) is 19.5. The Morgan fingerprint density at radius 2 is 2.00 bits per heavy atom. The minimum absolute atomic E-state index is 0.149. The Labute approximate surface area is 166 Å². The van der Waals surface area contributed by atoms with Crippen LogP contribution in [0.1, 0.15) is 26.7 Å². The number of carbonyl (C=O) groups is 2. The van der Waals surface area contributed by atoms with Crippen molar-refractivity contribution in [3.8, 4) is 5.75 Å². The minimum Gasteiger partial charge on any atom is -0.486 e. The van der Waals surface area contributed by atoms with Crippen LogP contribution in [-0.2, 0) is 17.9 Å². The van der Waals surface area contributed by atoms with E-state index in [0.29, 0.717) is 35.2 Å². The molecule has 0 unspecified atom stereocenters. The molecule has 0 spiro atoms. The van der Waals surface area contributed by atoms with Crippen LogP contribution in [0.15, 0.2) is 53.2 Å². The molecule has 0 aliphatic carbocycles. The van der Waals surface area contributed by atoms with Crippen molar-refractivity contribution in [1.82, 2.24) is 15.1 Å². The van der Waals surface area contributed by atoms with Gasteiger partial charge in [-0.15, -0.1) is 0 Å². The number of aromatic nitrogens is 2. The van der Waals surface area contributed by atoms with Crippen LogP contribution in [-0.4, -0.2) is 35.3 Å². The smallest absolute Gasteiger partial charge is 0.337 e. The third-order valence-electron chi connectivity index (χ3n) is 3.77. The number of ether oxygens (including phenoxy) is 2. The van der Waals surface area contributed by atoms with Gasteiger partial charge < -0.3 is 19.2 Å². The van der Waals surface area contributed by atoms with Gasteiger partial charge in [-0.2, -0.15) is 5.10 Å². The molecule has 0 bridgehead atoms. The molecule has 2 heterocycles. The first-order valence-electron chi connectivity index (χ1n) is 8.41. The molecule has 3 rings (SSSR count). The maximum Gasteiger partial charge on any atom is 0.337 e. The van der Waals surface area contributed by atoms with E-state index in [1.54, 1.807) is 47.3 Å². The average Bonchev–Trinajstić information content (AvgIpc) is 3.35. The molecule has 9 heteroatoms. The molecule has 3 aromatic rings. The molecule has 146 valence electrons. The third-order valence-corrected chi connectivity index (χ3v) is 3.97. The summed E-state index contributed by atoms with van der Waals surface area (Å²) in [6, 6.07) is 9.78. The van der Waals surface area contributed by atoms with Crippen molar-refractivity contribution in [2.45, 2.75) is 13.2 Å². The SMILES string of the molecule is COC(=O)c1ccc(OCc2ccc(C(=O)NCCn3cc(Cl)cn3)o2)cc1. The van der Waals surface area contributed by atoms with Crippen LogP contribution in [0.2, 0.25) is 5.02 Å². The number of methoxy groups -OCH3 is 1. The van der Waals surface area contributed by atoms with Crippen molar-refractivity contribution in [1.29, 1.82) is 0 Å². The van der Waals surface area contributed by atoms with Crippen molar-refractivity contribution in [3.05, 3.63) is 70.9 Å². The van der Waals surface area contributed by atoms with E-state index in [-0.39, 0.29) is 18.3 Å². The van der Waals surface area contributed by atoms with Crippen LogP contribution in [0.3, 0.4) is 0 Å². The van der Waals surface area contributed by atoms with Gasteiger partial charge in [0.25, 0.3) is 5.91 Å². The monoisotopic (exact) mass is 403 g/mol. The molecule has 0 aliphatic rings. The molecule has 1 N–H and O–H groups in total. The van der Waals surface area contributed by atoms with Crippen molar-refractivity contribution in [2.75, 3.05) is 13.7 Å². The zero-order chi connectivity index (χ0) is 19.9. The van der Waals surface area contributed by atoms with Crippen LogP contribution in [0.25, 0.3) is 0 Å². The Bertz CT molecular complexity index is 949. The highest BCUT2D eigenvalue weighted by Gasteiger charge is 2.11. The standard InChI is InChI=1S/C19H18ClN3O5/c1-26-19(25)13-2-4-15(5-3-13)27-12-16-6-7-17(28-16)18(24)21-8-9-23-11-14(20)10-22-23/h2-7,10-11H,8-9,12H2,1H3,(H,21,24). The summed E-state index contributed by atoms with van der Waals surface area (Å²) in [5.74, 6) is 0.517. The lowest BCUT2D eigenvalue weighted by atomic mass is 10.2. The van der Waals surface area contributed by atoms with Gasteiger partial charge in [0.05, 0.1) is 30.4 Å². The summed E-state index contributed by atoms with van der Waals surface area (Å²) in [5, 5.41) is 7.32. The second-order valence-electron chi connectivity index (χ2n) is 5.75. The molecular formula is C19H18ClN3O5. The molecular weight excluding hydrogens is 386 g/mol. The Morgan fingerprint density at radius 3 is 2.68 bits per heavy atom. The largest absolute Gasteiger partial charge is 0.486 e. The summed E-state index contributed by atoms with van der Waals surface area (Å²) in [6.45, 7) is 1.03. The zero-order valence-electron chi connectivity index (χ0n) is 15.1. The number of rotatable bonds is 8. The van der Waals surface area contributed by atoms with Crippen LogP contribution in [0.5, 0.6) is 5.75 Å². The molecule has 0 saturated heterocycles. The summed E-state index contributed by atoms with van der Waals surface area (Å²) in [7, 11) is 1.32. The van der Waals surface area contributed by atoms with Crippen LogP contribution in [0, 0.1) is 0 Å². The molecule has 2 aromatic heterocycles. The molecule has 0 saturated carbocycles. The molecule has 8 nitrogen and oxygen atoms in total. The Kier molecular flexibility index (Phi) is 6.33. The van der Waals surface area contributed by atoms with E-state index in [1.807, 2.05) is 0 Å². The highest BCUT2D eigenvalue weighted by atomic mass is 35.5. The van der Waals surface area contributed by atoms with E-state index in [2.05, 4.69) is 15.2 Å². The van der Waals surface area contributed by atoms with E-state index < -0.39 is 5.97 Å². The Morgan fingerprint density at radius 1 is 1.21 bits per heavy atom. The highest BCUT2D eigenvalue weighted by molar-refractivity contribution is 6.30. The predicted molar refractivity (Wildman–Crippen MR) is 100 cm³/mol. The van der Waals surface area contributed by atoms with E-state index in [9.17, 15) is 9.59 Å². The molecule has 0 fully saturated rings. The number of amides is 1. The van der Waals surface area contributed by atoms with Crippen molar-refractivity contribution in [3.63, 3.8) is 0 Å². The van der Waals surface area contributed by atoms with Gasteiger partial charge in [-0.1, -0.05) is 11.6 Å². The number of hydrogen-bond acceptors (Lipinski definition) is 6. The normalized spacial score (nSPS) is 10.5. The number of carbonyl (C=O) groups excluding carboxylic acids is 2. The third kappa shape index (κ3) is 5.14. The van der Waals surface area contributed by atoms with Crippen LogP contribution in [0.4, 0.5) is 0 Å². The summed E-state index contributed by atoms with van der Waals surface area (Å²) in [5.41, 5.74) is 0.434. The topological polar surface area (TPSA) is 95.6 Å². The number of hydrogen-bond donors (Lipinski definition) is 1. The van der Waals surface area contributed by atoms with E-state index in [0.717, 1.165) is 0 Å². The Hall–Kier alpha value is -3.26. The lowest BCUT2D eigenvalue weighted by Gasteiger charge is -2.05. The number of nitrogens with one attached hydrogen (secondary N) is 1. The summed E-state index contributed by atoms with van der Waals surface area (Å²) < 4.78 is 17.4. The van der Waals surface area contributed by atoms with Crippen LogP contribution >= 0.6 is 11.6 Å². The summed E-state index contributed by atoms with van der Waals surface area (Å²) in [6.07, 6.45) is 3.21. The molecule has 1 aromatic carbocycles. The van der Waals surface area contributed by atoms with Gasteiger partial charge in [0, 0.05) is 12.7 Å². The summed E-state index contributed by atoms with van der Waals surface area (Å²) in [4.78, 5) is 23.5. The van der Waals surface area contributed by atoms with E-state index in [1.165, 1.54) is 13.3 Å². The number of benzene rings is 1. The lowest BCUT2D eigenvalue weighted by Crippen LogP contribution is -2.27. The van der Waals surface area contributed by atoms with Gasteiger partial charge in [0.15, 0.2) is 5.76 Å². The van der Waals surface area contributed by atoms with Gasteiger partial charge >= 0.3 is 5.97 Å². The molecule has 0 aliphatic heterocycles. The average molecular weight is 404 g/mol. The van der Waals surface area contributed by atoms with Gasteiger partial charge in [-0.3, -0.25) is 9.48 Å². The fourth-order valence-electron chi connectivity index (χ4n) is 2.37. The van der Waals surface area contributed by atoms with Crippen LogP contribution < -0.4 is 10.1 Å². The van der Waals surface area contributed by atoms with Crippen molar-refractivity contribution in [2.24, 2.45) is 0 Å². The Balaban J connectivity index is 1.46. The highest BCUT2D eigenvalue weighted by Crippen LogP contribution is 2.16. The first-order chi connectivity index (χ1) is 13.5. The van der Waals surface area contributed by atoms with Gasteiger partial charge in [0.2, 0.25) is 0 Å². The number of nitrogens with zero attached hydrogens (tertiary/aromatic N) is 2. The molecule has 1 amide bonds. The second-order valence-corrected chi connectivity index (χ2v) is 6.18. The fraction of sp³-hybridized carbons (Fsp3) is 0.211. The maximum absolute atomic E-state index is 12.1. The van der Waals surface area contributed by atoms with Gasteiger partial charge in [-0.05, 0) is 36.4 Å². The lowest BCUT2D eigenvalue weighted by molar-refractivity contribution is 0.0600. The van der Waals surface area contributed by atoms with Crippen molar-refractivity contribution < 1.29 is 23.5 Å².